The van der Waals surface area contributed by atoms with Gasteiger partial charge in [0.1, 0.15) is 6.04 Å². The number of nitrogens with zero attached hydrogens (tertiary/aromatic N) is 2. The van der Waals surface area contributed by atoms with Crippen LogP contribution in [-0.2, 0) is 19.1 Å². The molecule has 0 saturated carbocycles. The fourth-order valence-electron chi connectivity index (χ4n) is 7.00. The number of unbranched alkanes of at least 4 members (excludes halogenated alkanes) is 2. The predicted molar refractivity (Wildman–Crippen MR) is 153 cm³/mol. The minimum Gasteiger partial charge on any atom is -0.465 e. The first kappa shape index (κ1) is 30.7. The van der Waals surface area contributed by atoms with Crippen molar-refractivity contribution < 1.29 is 24.2 Å². The van der Waals surface area contributed by atoms with E-state index in [1.807, 2.05) is 31.7 Å². The van der Waals surface area contributed by atoms with Gasteiger partial charge < -0.3 is 19.6 Å². The number of hydrogen-bond acceptors (Lipinski definition) is 6. The Morgan fingerprint density at radius 1 is 1.26 bits per heavy atom. The number of allylic oxidation sites excluding steroid dienone is 1. The van der Waals surface area contributed by atoms with Crippen LogP contribution >= 0.6 is 11.8 Å². The molecule has 0 aromatic carbocycles. The molecule has 0 aromatic rings. The number of rotatable bonds is 15. The molecule has 214 valence electrons. The molecule has 3 heterocycles. The molecule has 0 radical (unpaired) electrons. The van der Waals surface area contributed by atoms with Crippen LogP contribution in [0.2, 0.25) is 0 Å². The predicted octanol–water partition coefficient (Wildman–Crippen LogP) is 4.44. The van der Waals surface area contributed by atoms with Crippen LogP contribution < -0.4 is 0 Å². The fraction of sp³-hybridized carbons (Fsp3) is 0.767. The SMILES string of the molecule is C=CCCCCOC(=O)[C@@H]1[C@@H]2CC(C)C3(S2)C(C(=O)N(CC=C)C(C)CCC)N([C@@H](CO)C(C)C)C(=O)[C@H]13. The van der Waals surface area contributed by atoms with Crippen molar-refractivity contribution in [1.82, 2.24) is 9.80 Å². The summed E-state index contributed by atoms with van der Waals surface area (Å²) in [5, 5.41) is 10.4. The molecule has 38 heavy (non-hydrogen) atoms. The minimum atomic E-state index is -0.741. The highest BCUT2D eigenvalue weighted by atomic mass is 32.2. The van der Waals surface area contributed by atoms with E-state index in [1.54, 1.807) is 22.7 Å². The number of ether oxygens (including phenoxy) is 1. The van der Waals surface area contributed by atoms with Gasteiger partial charge in [0, 0.05) is 17.8 Å². The van der Waals surface area contributed by atoms with Crippen LogP contribution in [0, 0.1) is 23.7 Å². The summed E-state index contributed by atoms with van der Waals surface area (Å²) in [5.74, 6) is -1.80. The van der Waals surface area contributed by atoms with Crippen LogP contribution in [-0.4, -0.2) is 80.6 Å². The molecule has 2 bridgehead atoms. The zero-order valence-electron chi connectivity index (χ0n) is 23.9. The number of amides is 2. The van der Waals surface area contributed by atoms with Crippen LogP contribution in [0.15, 0.2) is 25.3 Å². The molecule has 0 aliphatic carbocycles. The zero-order chi connectivity index (χ0) is 28.2. The lowest BCUT2D eigenvalue weighted by atomic mass is 9.66. The first-order valence-corrected chi connectivity index (χ1v) is 15.3. The Balaban J connectivity index is 2.03. The highest BCUT2D eigenvalue weighted by Gasteiger charge is 2.77. The zero-order valence-corrected chi connectivity index (χ0v) is 24.8. The van der Waals surface area contributed by atoms with Gasteiger partial charge in [0.25, 0.3) is 0 Å². The minimum absolute atomic E-state index is 0.0141. The van der Waals surface area contributed by atoms with Gasteiger partial charge in [0.2, 0.25) is 11.8 Å². The summed E-state index contributed by atoms with van der Waals surface area (Å²) in [6.45, 7) is 18.3. The molecule has 2 amide bonds. The summed E-state index contributed by atoms with van der Waals surface area (Å²) in [7, 11) is 0. The highest BCUT2D eigenvalue weighted by Crippen LogP contribution is 2.69. The summed E-state index contributed by atoms with van der Waals surface area (Å²) >= 11 is 1.65. The maximum absolute atomic E-state index is 14.5. The van der Waals surface area contributed by atoms with Crippen molar-refractivity contribution in [3.63, 3.8) is 0 Å². The molecule has 1 spiro atoms. The van der Waals surface area contributed by atoms with E-state index < -0.39 is 28.7 Å². The third-order valence-electron chi connectivity index (χ3n) is 8.90. The van der Waals surface area contributed by atoms with E-state index in [9.17, 15) is 19.5 Å². The van der Waals surface area contributed by atoms with Crippen LogP contribution in [0.4, 0.5) is 0 Å². The number of carbonyl (C=O) groups is 3. The van der Waals surface area contributed by atoms with Gasteiger partial charge in [-0.05, 0) is 50.9 Å². The van der Waals surface area contributed by atoms with Gasteiger partial charge in [-0.25, -0.2) is 0 Å². The number of fused-ring (bicyclic) bond motifs is 1. The lowest BCUT2D eigenvalue weighted by Gasteiger charge is -2.43. The molecule has 4 unspecified atom stereocenters. The number of thioether (sulfide) groups is 1. The lowest BCUT2D eigenvalue weighted by molar-refractivity contribution is -0.155. The van der Waals surface area contributed by atoms with Crippen molar-refractivity contribution in [2.75, 3.05) is 19.8 Å². The standard InChI is InChI=1S/C30H48N2O5S/c1-8-11-12-13-16-37-29(36)24-23-17-20(6)30(38-23)25(24)27(34)32(22(18-33)19(4)5)26(30)28(35)31(15-10-3)21(7)14-9-2/h8,10,19-26,33H,1,3,9,11-18H2,2,4-7H3/t20?,21?,22-,23-,24+,25-,26?,30?/m0/s1. The van der Waals surface area contributed by atoms with E-state index >= 15 is 0 Å². The summed E-state index contributed by atoms with van der Waals surface area (Å²) < 4.78 is 5.00. The topological polar surface area (TPSA) is 87.2 Å². The van der Waals surface area contributed by atoms with Gasteiger partial charge >= 0.3 is 5.97 Å². The van der Waals surface area contributed by atoms with Crippen molar-refractivity contribution in [3.05, 3.63) is 25.3 Å². The fourth-order valence-corrected chi connectivity index (χ4v) is 9.39. The van der Waals surface area contributed by atoms with Crippen LogP contribution in [0.1, 0.15) is 73.1 Å². The molecular formula is C30H48N2O5S. The van der Waals surface area contributed by atoms with Gasteiger partial charge in [-0.15, -0.1) is 24.9 Å². The lowest BCUT2D eigenvalue weighted by Crippen LogP contribution is -2.61. The molecule has 7 nitrogen and oxygen atoms in total. The smallest absolute Gasteiger partial charge is 0.310 e. The molecule has 3 aliphatic rings. The van der Waals surface area contributed by atoms with Gasteiger partial charge in [-0.1, -0.05) is 46.3 Å². The second-order valence-electron chi connectivity index (χ2n) is 11.7. The van der Waals surface area contributed by atoms with E-state index in [-0.39, 0.29) is 47.5 Å². The van der Waals surface area contributed by atoms with E-state index in [0.717, 1.165) is 38.5 Å². The number of likely N-dealkylation sites (tertiary alicyclic amines) is 1. The highest BCUT2D eigenvalue weighted by molar-refractivity contribution is 8.02. The summed E-state index contributed by atoms with van der Waals surface area (Å²) in [6, 6.07) is -1.26. The Bertz CT molecular complexity index is 894. The molecule has 3 aliphatic heterocycles. The van der Waals surface area contributed by atoms with E-state index in [2.05, 4.69) is 27.0 Å². The summed E-state index contributed by atoms with van der Waals surface area (Å²) in [5.41, 5.74) is 0. The number of carbonyl (C=O) groups excluding carboxylic acids is 3. The molecule has 3 saturated heterocycles. The van der Waals surface area contributed by atoms with Crippen LogP contribution in [0.25, 0.3) is 0 Å². The first-order chi connectivity index (χ1) is 18.1. The molecular weight excluding hydrogens is 500 g/mol. The number of esters is 1. The number of aliphatic hydroxyl groups is 1. The largest absolute Gasteiger partial charge is 0.465 e. The Hall–Kier alpha value is -1.80. The number of aliphatic hydroxyl groups excluding tert-OH is 1. The average Bonchev–Trinajstić information content (AvgIpc) is 3.46. The number of hydrogen-bond donors (Lipinski definition) is 1. The molecule has 3 fully saturated rings. The molecule has 8 heteroatoms. The van der Waals surface area contributed by atoms with Gasteiger partial charge in [-0.3, -0.25) is 14.4 Å². The molecule has 3 rings (SSSR count). The van der Waals surface area contributed by atoms with Crippen LogP contribution in [0.3, 0.4) is 0 Å². The Kier molecular flexibility index (Phi) is 10.5. The third-order valence-corrected chi connectivity index (χ3v) is 11.0. The van der Waals surface area contributed by atoms with Crippen molar-refractivity contribution >= 4 is 29.5 Å². The molecule has 8 atom stereocenters. The van der Waals surface area contributed by atoms with Crippen molar-refractivity contribution in [2.45, 2.75) is 101 Å². The van der Waals surface area contributed by atoms with Crippen LogP contribution in [0.5, 0.6) is 0 Å². The van der Waals surface area contributed by atoms with E-state index in [1.165, 1.54) is 0 Å². The third kappa shape index (κ3) is 5.32. The quantitative estimate of drug-likeness (QED) is 0.185. The molecule has 1 N–H and O–H groups in total. The second kappa shape index (κ2) is 13.0. The van der Waals surface area contributed by atoms with Gasteiger partial charge in [0.15, 0.2) is 0 Å². The molecule has 0 aromatic heterocycles. The Morgan fingerprint density at radius 3 is 2.55 bits per heavy atom. The maximum Gasteiger partial charge on any atom is 0.310 e. The monoisotopic (exact) mass is 548 g/mol. The van der Waals surface area contributed by atoms with E-state index in [0.29, 0.717) is 13.2 Å². The van der Waals surface area contributed by atoms with Crippen molar-refractivity contribution in [3.8, 4) is 0 Å². The second-order valence-corrected chi connectivity index (χ2v) is 13.2. The summed E-state index contributed by atoms with van der Waals surface area (Å²) in [6.07, 6.45) is 8.65. The summed E-state index contributed by atoms with van der Waals surface area (Å²) in [4.78, 5) is 45.8. The van der Waals surface area contributed by atoms with Crippen molar-refractivity contribution in [2.24, 2.45) is 23.7 Å². The van der Waals surface area contributed by atoms with E-state index in [4.69, 9.17) is 4.74 Å². The first-order valence-electron chi connectivity index (χ1n) is 14.4. The van der Waals surface area contributed by atoms with Gasteiger partial charge in [0.05, 0.1) is 35.8 Å². The normalized spacial score (nSPS) is 31.3. The average molecular weight is 549 g/mol. The maximum atomic E-state index is 14.5. The Morgan fingerprint density at radius 2 is 1.97 bits per heavy atom. The Labute approximate surface area is 233 Å². The van der Waals surface area contributed by atoms with Crippen molar-refractivity contribution in [1.29, 1.82) is 0 Å². The van der Waals surface area contributed by atoms with Gasteiger partial charge in [-0.2, -0.15) is 0 Å².